The minimum Gasteiger partial charge on any atom is -0.338 e. The van der Waals surface area contributed by atoms with Crippen molar-refractivity contribution in [2.24, 2.45) is 0 Å². The van der Waals surface area contributed by atoms with Gasteiger partial charge in [0.1, 0.15) is 0 Å². The summed E-state index contributed by atoms with van der Waals surface area (Å²) in [6, 6.07) is 15.3. The molecule has 6 nitrogen and oxygen atoms in total. The van der Waals surface area contributed by atoms with Crippen LogP contribution in [0.3, 0.4) is 0 Å². The fraction of sp³-hybridized carbons (Fsp3) is 0.409. The molecule has 0 radical (unpaired) electrons. The summed E-state index contributed by atoms with van der Waals surface area (Å²) in [5.41, 5.74) is 3.28. The highest BCUT2D eigenvalue weighted by Gasteiger charge is 2.30. The van der Waals surface area contributed by atoms with Gasteiger partial charge >= 0.3 is 6.03 Å². The van der Waals surface area contributed by atoms with Gasteiger partial charge in [0.05, 0.1) is 4.90 Å². The summed E-state index contributed by atoms with van der Waals surface area (Å²) in [5, 5.41) is 2.94. The molecule has 1 saturated heterocycles. The third-order valence-electron chi connectivity index (χ3n) is 5.40. The highest BCUT2D eigenvalue weighted by molar-refractivity contribution is 7.89. The van der Waals surface area contributed by atoms with Gasteiger partial charge in [-0.05, 0) is 55.5 Å². The Balaban J connectivity index is 1.46. The van der Waals surface area contributed by atoms with Crippen LogP contribution < -0.4 is 5.32 Å². The number of sulfonamides is 1. The van der Waals surface area contributed by atoms with Crippen LogP contribution in [0.15, 0.2) is 53.4 Å². The molecule has 0 saturated carbocycles. The molecular formula is C22H29N3O3S. The van der Waals surface area contributed by atoms with E-state index in [2.05, 4.69) is 17.4 Å². The molecule has 1 fully saturated rings. The van der Waals surface area contributed by atoms with E-state index in [1.165, 1.54) is 9.87 Å². The van der Waals surface area contributed by atoms with Crippen molar-refractivity contribution in [2.45, 2.75) is 31.6 Å². The summed E-state index contributed by atoms with van der Waals surface area (Å²) in [6.07, 6.45) is 1.79. The first-order valence-corrected chi connectivity index (χ1v) is 11.5. The number of hydrogen-bond donors (Lipinski definition) is 1. The molecule has 1 aliphatic heterocycles. The smallest absolute Gasteiger partial charge is 0.317 e. The lowest BCUT2D eigenvalue weighted by Crippen LogP contribution is -2.53. The molecule has 3 rings (SSSR count). The second kappa shape index (κ2) is 9.41. The lowest BCUT2D eigenvalue weighted by molar-refractivity contribution is 0.172. The van der Waals surface area contributed by atoms with E-state index in [-0.39, 0.29) is 6.03 Å². The van der Waals surface area contributed by atoms with Crippen LogP contribution in [0.1, 0.15) is 23.1 Å². The Morgan fingerprint density at radius 2 is 1.66 bits per heavy atom. The quantitative estimate of drug-likeness (QED) is 0.738. The highest BCUT2D eigenvalue weighted by Crippen LogP contribution is 2.20. The first-order chi connectivity index (χ1) is 13.9. The predicted octanol–water partition coefficient (Wildman–Crippen LogP) is 2.95. The molecule has 29 heavy (non-hydrogen) atoms. The molecule has 7 heteroatoms. The molecule has 0 unspecified atom stereocenters. The van der Waals surface area contributed by atoms with Gasteiger partial charge in [0.15, 0.2) is 0 Å². The van der Waals surface area contributed by atoms with E-state index >= 15 is 0 Å². The Hall–Kier alpha value is -2.38. The fourth-order valence-electron chi connectivity index (χ4n) is 3.40. The number of amides is 2. The number of rotatable bonds is 6. The molecule has 1 N–H and O–H groups in total. The summed E-state index contributed by atoms with van der Waals surface area (Å²) in [6.45, 7) is 5.90. The maximum absolute atomic E-state index is 12.9. The first-order valence-electron chi connectivity index (χ1n) is 10.0. The molecular weight excluding hydrogens is 386 g/mol. The number of nitrogens with one attached hydrogen (secondary N) is 1. The van der Waals surface area contributed by atoms with Gasteiger partial charge in [-0.2, -0.15) is 4.31 Å². The Labute approximate surface area is 173 Å². The Morgan fingerprint density at radius 1 is 0.966 bits per heavy atom. The van der Waals surface area contributed by atoms with Crippen molar-refractivity contribution in [1.82, 2.24) is 14.5 Å². The van der Waals surface area contributed by atoms with Crippen molar-refractivity contribution in [1.29, 1.82) is 0 Å². The standard InChI is InChI=1S/C22H29N3O3S/c1-18-10-11-21(17-19(18)2)29(27,28)25-15-13-24(14-16-25)22(26)23-12-6-9-20-7-4-3-5-8-20/h3-5,7-8,10-11,17H,6,9,12-16H2,1-2H3,(H,23,26). The minimum atomic E-state index is -3.53. The monoisotopic (exact) mass is 415 g/mol. The maximum atomic E-state index is 12.9. The zero-order chi connectivity index (χ0) is 20.9. The van der Waals surface area contributed by atoms with Gasteiger partial charge in [-0.1, -0.05) is 36.4 Å². The summed E-state index contributed by atoms with van der Waals surface area (Å²) in [5.74, 6) is 0. The van der Waals surface area contributed by atoms with Crippen LogP contribution in [-0.4, -0.2) is 56.4 Å². The molecule has 0 aliphatic carbocycles. The van der Waals surface area contributed by atoms with Gasteiger partial charge < -0.3 is 10.2 Å². The number of hydrogen-bond acceptors (Lipinski definition) is 3. The zero-order valence-corrected chi connectivity index (χ0v) is 17.9. The average Bonchev–Trinajstić information content (AvgIpc) is 2.74. The van der Waals surface area contributed by atoms with Crippen LogP contribution in [0, 0.1) is 13.8 Å². The van der Waals surface area contributed by atoms with E-state index in [0.29, 0.717) is 37.6 Å². The van der Waals surface area contributed by atoms with Crippen LogP contribution in [-0.2, 0) is 16.4 Å². The minimum absolute atomic E-state index is 0.124. The van der Waals surface area contributed by atoms with Crippen LogP contribution in [0.4, 0.5) is 4.79 Å². The molecule has 0 spiro atoms. The second-order valence-electron chi connectivity index (χ2n) is 7.46. The van der Waals surface area contributed by atoms with Gasteiger partial charge in [-0.15, -0.1) is 0 Å². The zero-order valence-electron chi connectivity index (χ0n) is 17.1. The van der Waals surface area contributed by atoms with E-state index in [4.69, 9.17) is 0 Å². The van der Waals surface area contributed by atoms with Crippen molar-refractivity contribution in [3.63, 3.8) is 0 Å². The number of nitrogens with zero attached hydrogens (tertiary/aromatic N) is 2. The number of benzene rings is 2. The van der Waals surface area contributed by atoms with Gasteiger partial charge in [-0.3, -0.25) is 0 Å². The predicted molar refractivity (Wildman–Crippen MR) is 114 cm³/mol. The van der Waals surface area contributed by atoms with E-state index < -0.39 is 10.0 Å². The fourth-order valence-corrected chi connectivity index (χ4v) is 4.91. The van der Waals surface area contributed by atoms with E-state index in [9.17, 15) is 13.2 Å². The Bertz CT molecular complexity index is 937. The largest absolute Gasteiger partial charge is 0.338 e. The molecule has 2 aromatic carbocycles. The lowest BCUT2D eigenvalue weighted by atomic mass is 10.1. The number of urea groups is 1. The highest BCUT2D eigenvalue weighted by atomic mass is 32.2. The Morgan fingerprint density at radius 3 is 2.31 bits per heavy atom. The lowest BCUT2D eigenvalue weighted by Gasteiger charge is -2.34. The van der Waals surface area contributed by atoms with Crippen LogP contribution >= 0.6 is 0 Å². The van der Waals surface area contributed by atoms with Crippen molar-refractivity contribution in [3.8, 4) is 0 Å². The van der Waals surface area contributed by atoms with Crippen molar-refractivity contribution in [3.05, 3.63) is 65.2 Å². The number of carbonyl (C=O) groups is 1. The molecule has 2 aromatic rings. The third-order valence-corrected chi connectivity index (χ3v) is 7.30. The molecule has 0 bridgehead atoms. The normalized spacial score (nSPS) is 15.3. The number of piperazine rings is 1. The molecule has 2 amide bonds. The van der Waals surface area contributed by atoms with Crippen LogP contribution in [0.2, 0.25) is 0 Å². The van der Waals surface area contributed by atoms with Crippen molar-refractivity contribution >= 4 is 16.1 Å². The second-order valence-corrected chi connectivity index (χ2v) is 9.40. The van der Waals surface area contributed by atoms with E-state index in [1.54, 1.807) is 17.0 Å². The maximum Gasteiger partial charge on any atom is 0.317 e. The topological polar surface area (TPSA) is 69.7 Å². The van der Waals surface area contributed by atoms with Gasteiger partial charge in [0.25, 0.3) is 0 Å². The molecule has 156 valence electrons. The van der Waals surface area contributed by atoms with Gasteiger partial charge in [0.2, 0.25) is 10.0 Å². The van der Waals surface area contributed by atoms with Gasteiger partial charge in [0, 0.05) is 32.7 Å². The number of aryl methyl sites for hydroxylation is 3. The first kappa shape index (κ1) is 21.3. The van der Waals surface area contributed by atoms with Crippen LogP contribution in [0.25, 0.3) is 0 Å². The average molecular weight is 416 g/mol. The van der Waals surface area contributed by atoms with Gasteiger partial charge in [-0.25, -0.2) is 13.2 Å². The Kier molecular flexibility index (Phi) is 6.92. The van der Waals surface area contributed by atoms with Crippen molar-refractivity contribution in [2.75, 3.05) is 32.7 Å². The molecule has 1 aliphatic rings. The SMILES string of the molecule is Cc1ccc(S(=O)(=O)N2CCN(C(=O)NCCCc3ccccc3)CC2)cc1C. The summed E-state index contributed by atoms with van der Waals surface area (Å²) < 4.78 is 27.2. The molecule has 1 heterocycles. The molecule has 0 atom stereocenters. The summed E-state index contributed by atoms with van der Waals surface area (Å²) >= 11 is 0. The van der Waals surface area contributed by atoms with Crippen LogP contribution in [0.5, 0.6) is 0 Å². The van der Waals surface area contributed by atoms with Crippen molar-refractivity contribution < 1.29 is 13.2 Å². The third kappa shape index (κ3) is 5.36. The summed E-state index contributed by atoms with van der Waals surface area (Å²) in [7, 11) is -3.53. The van der Waals surface area contributed by atoms with E-state index in [1.807, 2.05) is 38.1 Å². The summed E-state index contributed by atoms with van der Waals surface area (Å²) in [4.78, 5) is 14.4. The van der Waals surface area contributed by atoms with E-state index in [0.717, 1.165) is 24.0 Å². The number of carbonyl (C=O) groups excluding carboxylic acids is 1. The molecule has 0 aromatic heterocycles.